The molecule has 6 nitrogen and oxygen atoms in total. The highest BCUT2D eigenvalue weighted by atomic mass is 79.9. The van der Waals surface area contributed by atoms with E-state index in [0.717, 1.165) is 33.1 Å². The van der Waals surface area contributed by atoms with Crippen LogP contribution in [0.3, 0.4) is 0 Å². The lowest BCUT2D eigenvalue weighted by Crippen LogP contribution is -2.12. The Balaban J connectivity index is 1.86. The number of nitrogens with zero attached hydrogens (tertiary/aromatic N) is 2. The number of benzene rings is 2. The molecule has 0 aliphatic carbocycles. The van der Waals surface area contributed by atoms with Crippen molar-refractivity contribution in [3.63, 3.8) is 0 Å². The van der Waals surface area contributed by atoms with Gasteiger partial charge in [0, 0.05) is 27.0 Å². The van der Waals surface area contributed by atoms with Crippen LogP contribution in [0.4, 0.5) is 10.8 Å². The molecule has 0 saturated heterocycles. The molecule has 1 aromatic heterocycles. The molecule has 0 spiro atoms. The lowest BCUT2D eigenvalue weighted by Gasteiger charge is -2.04. The van der Waals surface area contributed by atoms with E-state index >= 15 is 0 Å². The molecule has 0 atom stereocenters. The maximum absolute atomic E-state index is 12.5. The fraction of sp³-hybridized carbons (Fsp3) is 0.111. The minimum absolute atomic E-state index is 0.0158. The summed E-state index contributed by atoms with van der Waals surface area (Å²) in [4.78, 5) is 28.3. The monoisotopic (exact) mass is 465 g/mol. The summed E-state index contributed by atoms with van der Waals surface area (Å²) in [5.74, 6) is -0.464. The second-order valence-electron chi connectivity index (χ2n) is 5.53. The number of nitrogens with one attached hydrogen (secondary N) is 1. The molecule has 0 bridgehead atoms. The van der Waals surface area contributed by atoms with Gasteiger partial charge in [-0.1, -0.05) is 46.6 Å². The Morgan fingerprint density at radius 1 is 1.30 bits per heavy atom. The molecular weight excluding hydrogens is 454 g/mol. The lowest BCUT2D eigenvalue weighted by molar-refractivity contribution is -0.384. The third kappa shape index (κ3) is 4.35. The van der Waals surface area contributed by atoms with E-state index in [-0.39, 0.29) is 16.3 Å². The molecule has 3 aromatic rings. The molecule has 0 aliphatic heterocycles. The summed E-state index contributed by atoms with van der Waals surface area (Å²) in [5, 5.41) is 14.0. The number of rotatable bonds is 5. The maximum Gasteiger partial charge on any atom is 0.270 e. The van der Waals surface area contributed by atoms with Crippen LogP contribution in [0.25, 0.3) is 11.3 Å². The Hall–Kier alpha value is -2.29. The van der Waals surface area contributed by atoms with E-state index in [0.29, 0.717) is 5.13 Å². The summed E-state index contributed by atoms with van der Waals surface area (Å²) >= 11 is 10.8. The van der Waals surface area contributed by atoms with Crippen molar-refractivity contribution in [1.29, 1.82) is 0 Å². The summed E-state index contributed by atoms with van der Waals surface area (Å²) in [6.07, 6.45) is 0.775. The van der Waals surface area contributed by atoms with Crippen molar-refractivity contribution in [2.24, 2.45) is 0 Å². The van der Waals surface area contributed by atoms with Crippen molar-refractivity contribution in [1.82, 2.24) is 4.98 Å². The van der Waals surface area contributed by atoms with Gasteiger partial charge in [-0.3, -0.25) is 20.2 Å². The van der Waals surface area contributed by atoms with Crippen molar-refractivity contribution in [2.75, 3.05) is 5.32 Å². The van der Waals surface area contributed by atoms with Gasteiger partial charge in [0.05, 0.1) is 21.2 Å². The molecule has 2 aromatic carbocycles. The minimum Gasteiger partial charge on any atom is -0.298 e. The molecule has 3 rings (SSSR count). The molecule has 0 aliphatic rings. The Labute approximate surface area is 172 Å². The molecule has 0 radical (unpaired) electrons. The van der Waals surface area contributed by atoms with Gasteiger partial charge in [-0.05, 0) is 24.6 Å². The molecule has 1 N–H and O–H groups in total. The molecule has 1 amide bonds. The fourth-order valence-electron chi connectivity index (χ4n) is 2.44. The number of carbonyl (C=O) groups excluding carboxylic acids is 1. The SMILES string of the molecule is CCc1sc(NC(=O)c2ccc([N+](=O)[O-])cc2Cl)nc1-c1ccc(Br)cc1. The number of amides is 1. The van der Waals surface area contributed by atoms with E-state index in [1.807, 2.05) is 31.2 Å². The summed E-state index contributed by atoms with van der Waals surface area (Å²) in [6.45, 7) is 2.02. The highest BCUT2D eigenvalue weighted by Crippen LogP contribution is 2.33. The smallest absolute Gasteiger partial charge is 0.270 e. The van der Waals surface area contributed by atoms with Crippen molar-refractivity contribution in [3.05, 3.63) is 72.5 Å². The van der Waals surface area contributed by atoms with Gasteiger partial charge < -0.3 is 0 Å². The lowest BCUT2D eigenvalue weighted by atomic mass is 10.1. The Morgan fingerprint density at radius 2 is 2.00 bits per heavy atom. The topological polar surface area (TPSA) is 85.1 Å². The predicted octanol–water partition coefficient (Wildman–Crippen LogP) is 5.95. The van der Waals surface area contributed by atoms with Gasteiger partial charge in [-0.2, -0.15) is 0 Å². The van der Waals surface area contributed by atoms with Crippen molar-refractivity contribution in [3.8, 4) is 11.3 Å². The molecule has 138 valence electrons. The second kappa shape index (κ2) is 8.16. The molecule has 27 heavy (non-hydrogen) atoms. The Kier molecular flexibility index (Phi) is 5.88. The van der Waals surface area contributed by atoms with Crippen LogP contribution in [0, 0.1) is 10.1 Å². The average Bonchev–Trinajstić information content (AvgIpc) is 3.04. The van der Waals surface area contributed by atoms with Crippen LogP contribution in [-0.2, 0) is 6.42 Å². The molecule has 0 unspecified atom stereocenters. The number of non-ortho nitro benzene ring substituents is 1. The summed E-state index contributed by atoms with van der Waals surface area (Å²) < 4.78 is 0.973. The first-order chi connectivity index (χ1) is 12.9. The number of halogens is 2. The highest BCUT2D eigenvalue weighted by molar-refractivity contribution is 9.10. The number of hydrogen-bond acceptors (Lipinski definition) is 5. The largest absolute Gasteiger partial charge is 0.298 e. The summed E-state index contributed by atoms with van der Waals surface area (Å²) in [7, 11) is 0. The van der Waals surface area contributed by atoms with Gasteiger partial charge in [-0.25, -0.2) is 4.98 Å². The predicted molar refractivity (Wildman–Crippen MR) is 111 cm³/mol. The second-order valence-corrected chi connectivity index (χ2v) is 7.93. The van der Waals surface area contributed by atoms with Crippen LogP contribution >= 0.6 is 38.9 Å². The third-order valence-corrected chi connectivity index (χ3v) is 5.72. The number of aromatic nitrogens is 1. The zero-order valence-corrected chi connectivity index (χ0v) is 17.2. The Morgan fingerprint density at radius 3 is 2.59 bits per heavy atom. The van der Waals surface area contributed by atoms with E-state index in [4.69, 9.17) is 11.6 Å². The first-order valence-electron chi connectivity index (χ1n) is 7.90. The number of nitro benzene ring substituents is 1. The first kappa shape index (κ1) is 19.5. The number of nitro groups is 1. The van der Waals surface area contributed by atoms with E-state index in [1.165, 1.54) is 23.5 Å². The minimum atomic E-state index is -0.563. The zero-order chi connectivity index (χ0) is 19.6. The average molecular weight is 467 g/mol. The van der Waals surface area contributed by atoms with Crippen LogP contribution < -0.4 is 5.32 Å². The van der Waals surface area contributed by atoms with Crippen molar-refractivity contribution < 1.29 is 9.72 Å². The summed E-state index contributed by atoms with van der Waals surface area (Å²) in [6, 6.07) is 11.5. The van der Waals surface area contributed by atoms with Crippen LogP contribution in [0.5, 0.6) is 0 Å². The molecule has 0 saturated carbocycles. The van der Waals surface area contributed by atoms with E-state index < -0.39 is 10.8 Å². The van der Waals surface area contributed by atoms with Gasteiger partial charge in [0.2, 0.25) is 0 Å². The Bertz CT molecular complexity index is 1020. The number of carbonyl (C=O) groups is 1. The maximum atomic E-state index is 12.5. The number of thiazole rings is 1. The van der Waals surface area contributed by atoms with Gasteiger partial charge in [-0.15, -0.1) is 11.3 Å². The molecular formula is C18H13BrClN3O3S. The van der Waals surface area contributed by atoms with Crippen LogP contribution in [0.2, 0.25) is 5.02 Å². The molecule has 1 heterocycles. The standard InChI is InChI=1S/C18H13BrClN3O3S/c1-2-15-16(10-3-5-11(19)6-4-10)21-18(27-15)22-17(24)13-8-7-12(23(25)26)9-14(13)20/h3-9H,2H2,1H3,(H,21,22,24). The zero-order valence-electron chi connectivity index (χ0n) is 14.0. The van der Waals surface area contributed by atoms with Crippen LogP contribution in [0.15, 0.2) is 46.9 Å². The van der Waals surface area contributed by atoms with E-state index in [9.17, 15) is 14.9 Å². The quantitative estimate of drug-likeness (QED) is 0.372. The molecule has 9 heteroatoms. The fourth-order valence-corrected chi connectivity index (χ4v) is 3.89. The van der Waals surface area contributed by atoms with Crippen LogP contribution in [0.1, 0.15) is 22.2 Å². The normalized spacial score (nSPS) is 10.6. The van der Waals surface area contributed by atoms with Crippen molar-refractivity contribution >= 4 is 55.6 Å². The van der Waals surface area contributed by atoms with E-state index in [1.54, 1.807) is 0 Å². The summed E-state index contributed by atoms with van der Waals surface area (Å²) in [5.41, 5.74) is 1.76. The van der Waals surface area contributed by atoms with E-state index in [2.05, 4.69) is 26.2 Å². The number of hydrogen-bond donors (Lipinski definition) is 1. The highest BCUT2D eigenvalue weighted by Gasteiger charge is 2.18. The van der Waals surface area contributed by atoms with Gasteiger partial charge in [0.25, 0.3) is 11.6 Å². The van der Waals surface area contributed by atoms with Gasteiger partial charge in [0.15, 0.2) is 5.13 Å². The number of anilines is 1. The van der Waals surface area contributed by atoms with Crippen LogP contribution in [-0.4, -0.2) is 15.8 Å². The molecule has 0 fully saturated rings. The first-order valence-corrected chi connectivity index (χ1v) is 9.88. The van der Waals surface area contributed by atoms with Gasteiger partial charge >= 0.3 is 0 Å². The van der Waals surface area contributed by atoms with Gasteiger partial charge in [0.1, 0.15) is 0 Å². The third-order valence-electron chi connectivity index (χ3n) is 3.76. The number of aryl methyl sites for hydroxylation is 1. The van der Waals surface area contributed by atoms with Crippen molar-refractivity contribution in [2.45, 2.75) is 13.3 Å².